The zero-order valence-electron chi connectivity index (χ0n) is 9.37. The van der Waals surface area contributed by atoms with Crippen LogP contribution < -0.4 is 5.73 Å². The summed E-state index contributed by atoms with van der Waals surface area (Å²) in [6.45, 7) is -1.27. The molecular weight excluding hydrogens is 261 g/mol. The van der Waals surface area contributed by atoms with E-state index < -0.39 is 38.5 Å². The van der Waals surface area contributed by atoms with Crippen LogP contribution in [0.25, 0.3) is 0 Å². The summed E-state index contributed by atoms with van der Waals surface area (Å²) in [5.41, 5.74) is -1.49. The van der Waals surface area contributed by atoms with Gasteiger partial charge in [-0.2, -0.15) is 0 Å². The van der Waals surface area contributed by atoms with E-state index in [1.54, 1.807) is 0 Å². The molecular formula is C6H14NO9P. The number of aliphatic hydroxyl groups excluding tert-OH is 3. The number of aliphatic hydroxyl groups is 4. The average Bonchev–Trinajstić information content (AvgIpc) is 2.32. The van der Waals surface area contributed by atoms with Crippen LogP contribution >= 0.6 is 7.82 Å². The van der Waals surface area contributed by atoms with E-state index in [1.165, 1.54) is 5.73 Å². The van der Waals surface area contributed by atoms with Crippen LogP contribution in [0.5, 0.6) is 0 Å². The normalized spacial score (nSPS) is 22.1. The topological polar surface area (TPSA) is 191 Å². The highest BCUT2D eigenvalue weighted by Gasteiger charge is 2.41. The highest BCUT2D eigenvalue weighted by Crippen LogP contribution is 2.36. The molecule has 0 bridgehead atoms. The molecule has 0 saturated carbocycles. The van der Waals surface area contributed by atoms with Crippen LogP contribution in [0.1, 0.15) is 0 Å². The molecule has 17 heavy (non-hydrogen) atoms. The van der Waals surface area contributed by atoms with E-state index in [4.69, 9.17) is 16.3 Å². The quantitative estimate of drug-likeness (QED) is 0.131. The number of aldehydes is 1. The van der Waals surface area contributed by atoms with Crippen LogP contribution in [0.2, 0.25) is 1.41 Å². The SMILES string of the molecule is [2H]N[C@@](O)(COP(=O)(O)O)[C@@H](O)[C@@H](O)[C@@H](O)C=O. The third-order valence-corrected chi connectivity index (χ3v) is 2.22. The molecule has 11 heteroatoms. The van der Waals surface area contributed by atoms with Crippen molar-refractivity contribution >= 4 is 14.1 Å². The smallest absolute Gasteiger partial charge is 0.387 e. The van der Waals surface area contributed by atoms with Gasteiger partial charge in [0, 0.05) is 0 Å². The van der Waals surface area contributed by atoms with Gasteiger partial charge in [0.15, 0.2) is 12.0 Å². The lowest BCUT2D eigenvalue weighted by Crippen LogP contribution is -2.61. The number of phosphoric ester groups is 1. The molecule has 0 spiro atoms. The van der Waals surface area contributed by atoms with Crippen LogP contribution in [0.4, 0.5) is 0 Å². The maximum absolute atomic E-state index is 10.4. The lowest BCUT2D eigenvalue weighted by Gasteiger charge is -2.32. The first-order valence-corrected chi connectivity index (χ1v) is 5.71. The van der Waals surface area contributed by atoms with Crippen LogP contribution in [-0.4, -0.2) is 67.1 Å². The van der Waals surface area contributed by atoms with Crippen LogP contribution in [0.3, 0.4) is 0 Å². The second kappa shape index (κ2) is 5.96. The average molecular weight is 276 g/mol. The van der Waals surface area contributed by atoms with E-state index >= 15 is 0 Å². The van der Waals surface area contributed by atoms with Crippen molar-refractivity contribution in [2.45, 2.75) is 24.0 Å². The Morgan fingerprint density at radius 3 is 2.35 bits per heavy atom. The number of hydrogen-bond acceptors (Lipinski definition) is 8. The van der Waals surface area contributed by atoms with Crippen molar-refractivity contribution in [3.05, 3.63) is 0 Å². The second-order valence-electron chi connectivity index (χ2n) is 3.25. The first-order valence-electron chi connectivity index (χ1n) is 4.68. The molecule has 0 aliphatic carbocycles. The Morgan fingerprint density at radius 1 is 1.47 bits per heavy atom. The number of carbonyl (C=O) groups excluding carboxylic acids is 1. The Kier molecular flexibility index (Phi) is 5.13. The maximum atomic E-state index is 10.4. The van der Waals surface area contributed by atoms with E-state index in [0.29, 0.717) is 0 Å². The summed E-state index contributed by atoms with van der Waals surface area (Å²) in [7, 11) is -4.98. The standard InChI is InChI=1S/C6H14NO9P/c7-6(12,2-16-17(13,14)15)5(11)4(10)3(9)1-8/h1,3-5,9-12H,2,7H2,(H2,13,14,15)/t3-,4-,5-,6+/m0/s1/i/hD. The summed E-state index contributed by atoms with van der Waals surface area (Å²) in [6, 6.07) is 0. The van der Waals surface area contributed by atoms with Gasteiger partial charge < -0.3 is 35.0 Å². The summed E-state index contributed by atoms with van der Waals surface area (Å²) in [6.07, 6.45) is -6.70. The molecule has 0 aromatic rings. The van der Waals surface area contributed by atoms with Crippen molar-refractivity contribution in [2.75, 3.05) is 6.61 Å². The third-order valence-electron chi connectivity index (χ3n) is 1.75. The van der Waals surface area contributed by atoms with Gasteiger partial charge in [-0.15, -0.1) is 0 Å². The van der Waals surface area contributed by atoms with Gasteiger partial charge in [-0.05, 0) is 0 Å². The maximum Gasteiger partial charge on any atom is 0.469 e. The number of hydrogen-bond donors (Lipinski definition) is 7. The monoisotopic (exact) mass is 276 g/mol. The molecule has 0 amide bonds. The van der Waals surface area contributed by atoms with Gasteiger partial charge in [-0.1, -0.05) is 0 Å². The Balaban J connectivity index is 4.81. The van der Waals surface area contributed by atoms with Crippen molar-refractivity contribution in [1.82, 2.24) is 0 Å². The minimum atomic E-state index is -4.98. The molecule has 102 valence electrons. The summed E-state index contributed by atoms with van der Waals surface area (Å²) in [4.78, 5) is 26.9. The van der Waals surface area contributed by atoms with E-state index in [9.17, 15) is 24.7 Å². The van der Waals surface area contributed by atoms with Gasteiger partial charge in [-0.25, -0.2) is 4.57 Å². The summed E-state index contributed by atoms with van der Waals surface area (Å²) < 4.78 is 21.0. The fraction of sp³-hybridized carbons (Fsp3) is 0.833. The van der Waals surface area contributed by atoms with E-state index in [0.717, 1.165) is 0 Å². The third kappa shape index (κ3) is 5.64. The molecule has 0 aliphatic rings. The number of phosphoric acid groups is 1. The summed E-state index contributed by atoms with van der Waals surface area (Å²) in [5.74, 6) is 0. The van der Waals surface area contributed by atoms with Crippen LogP contribution in [0, 0.1) is 0 Å². The molecule has 0 aromatic carbocycles. The Hall–Kier alpha value is -0.420. The Bertz CT molecular complexity index is 324. The van der Waals surface area contributed by atoms with Gasteiger partial charge in [0.2, 0.25) is 0 Å². The predicted octanol–water partition coefficient (Wildman–Crippen LogP) is -3.98. The molecule has 0 saturated heterocycles. The Morgan fingerprint density at radius 2 is 2.00 bits per heavy atom. The summed E-state index contributed by atoms with van der Waals surface area (Å²) in [5, 5.41) is 37.1. The van der Waals surface area contributed by atoms with Gasteiger partial charge >= 0.3 is 7.82 Å². The zero-order chi connectivity index (χ0) is 14.6. The molecule has 4 atom stereocenters. The molecule has 0 aromatic heterocycles. The van der Waals surface area contributed by atoms with Gasteiger partial charge in [-0.3, -0.25) is 10.3 Å². The number of nitrogens with two attached hydrogens (primary N) is 1. The van der Waals surface area contributed by atoms with Gasteiger partial charge in [0.25, 0.3) is 0 Å². The van der Waals surface area contributed by atoms with Crippen molar-refractivity contribution in [2.24, 2.45) is 5.73 Å². The molecule has 0 fully saturated rings. The highest BCUT2D eigenvalue weighted by molar-refractivity contribution is 7.46. The predicted molar refractivity (Wildman–Crippen MR) is 51.2 cm³/mol. The molecule has 0 rings (SSSR count). The minimum absolute atomic E-state index is 0.137. The molecule has 8 N–H and O–H groups in total. The number of carbonyl (C=O) groups is 1. The van der Waals surface area contributed by atoms with E-state index in [1.807, 2.05) is 0 Å². The number of rotatable bonds is 8. The fourth-order valence-electron chi connectivity index (χ4n) is 0.818. The van der Waals surface area contributed by atoms with Gasteiger partial charge in [0.05, 0.1) is 0 Å². The first-order chi connectivity index (χ1) is 8.07. The summed E-state index contributed by atoms with van der Waals surface area (Å²) >= 11 is 0. The van der Waals surface area contributed by atoms with Crippen LogP contribution in [0.15, 0.2) is 0 Å². The molecule has 0 unspecified atom stereocenters. The molecule has 0 aliphatic heterocycles. The molecule has 10 nitrogen and oxygen atoms in total. The minimum Gasteiger partial charge on any atom is -0.387 e. The molecule has 0 heterocycles. The van der Waals surface area contributed by atoms with Gasteiger partial charge in [0.1, 0.15) is 26.3 Å². The van der Waals surface area contributed by atoms with Crippen LogP contribution in [-0.2, 0) is 13.9 Å². The zero-order valence-corrected chi connectivity index (χ0v) is 9.27. The lowest BCUT2D eigenvalue weighted by molar-refractivity contribution is -0.165. The van der Waals surface area contributed by atoms with E-state index in [2.05, 4.69) is 4.52 Å². The largest absolute Gasteiger partial charge is 0.469 e. The van der Waals surface area contributed by atoms with Crippen molar-refractivity contribution in [3.63, 3.8) is 0 Å². The Labute approximate surface area is 97.0 Å². The second-order valence-corrected chi connectivity index (χ2v) is 4.49. The first kappa shape index (κ1) is 14.6. The lowest BCUT2D eigenvalue weighted by atomic mass is 9.99. The fourth-order valence-corrected chi connectivity index (χ4v) is 1.18. The molecule has 0 radical (unpaired) electrons. The van der Waals surface area contributed by atoms with Crippen molar-refractivity contribution in [1.29, 1.82) is 0 Å². The highest BCUT2D eigenvalue weighted by atomic mass is 31.2. The van der Waals surface area contributed by atoms with E-state index in [-0.39, 0.29) is 6.29 Å². The van der Waals surface area contributed by atoms with Crippen molar-refractivity contribution < 1.29 is 45.5 Å². The van der Waals surface area contributed by atoms with Crippen molar-refractivity contribution in [3.8, 4) is 0 Å².